The van der Waals surface area contributed by atoms with Crippen molar-refractivity contribution in [1.82, 2.24) is 10.2 Å². The highest BCUT2D eigenvalue weighted by atomic mass is 35.5. The number of amides is 1. The summed E-state index contributed by atoms with van der Waals surface area (Å²) in [5.74, 6) is 1.84. The Hall–Kier alpha value is -0.780. The van der Waals surface area contributed by atoms with Gasteiger partial charge in [0.1, 0.15) is 0 Å². The summed E-state index contributed by atoms with van der Waals surface area (Å²) in [6.45, 7) is 1.76. The van der Waals surface area contributed by atoms with Gasteiger partial charge in [-0.3, -0.25) is 10.1 Å². The Kier molecular flexibility index (Phi) is 4.86. The number of carbonyl (C=O) groups excluding carboxylic acids is 1. The van der Waals surface area contributed by atoms with Crippen molar-refractivity contribution in [3.05, 3.63) is 34.9 Å². The standard InChI is InChI=1S/C12H13ClN2OS2/c13-10-4-2-1-3-9(10)11(16)14-12(17)15-5-7-18-8-6-15/h1-4H,5-8H2,(H,14,16,17). The van der Waals surface area contributed by atoms with Gasteiger partial charge in [0, 0.05) is 24.6 Å². The Labute approximate surface area is 121 Å². The molecule has 0 radical (unpaired) electrons. The largest absolute Gasteiger partial charge is 0.347 e. The van der Waals surface area contributed by atoms with Gasteiger partial charge in [-0.15, -0.1) is 0 Å². The maximum atomic E-state index is 12.0. The Bertz CT molecular complexity index is 461. The number of rotatable bonds is 1. The van der Waals surface area contributed by atoms with E-state index in [4.69, 9.17) is 23.8 Å². The Morgan fingerprint density at radius 2 is 2.00 bits per heavy atom. The first-order valence-electron chi connectivity index (χ1n) is 5.61. The van der Waals surface area contributed by atoms with Crippen molar-refractivity contribution in [2.45, 2.75) is 0 Å². The van der Waals surface area contributed by atoms with E-state index in [0.29, 0.717) is 15.7 Å². The lowest BCUT2D eigenvalue weighted by Gasteiger charge is -2.28. The maximum absolute atomic E-state index is 12.0. The summed E-state index contributed by atoms with van der Waals surface area (Å²) in [5, 5.41) is 3.65. The molecule has 0 bridgehead atoms. The van der Waals surface area contributed by atoms with Crippen LogP contribution in [0.1, 0.15) is 10.4 Å². The van der Waals surface area contributed by atoms with Crippen LogP contribution >= 0.6 is 35.6 Å². The second kappa shape index (κ2) is 6.41. The van der Waals surface area contributed by atoms with Crippen LogP contribution in [0.4, 0.5) is 0 Å². The highest BCUT2D eigenvalue weighted by Gasteiger charge is 2.17. The predicted octanol–water partition coefficient (Wildman–Crippen LogP) is 2.40. The summed E-state index contributed by atoms with van der Waals surface area (Å²) in [4.78, 5) is 14.0. The van der Waals surface area contributed by atoms with E-state index in [1.807, 2.05) is 16.7 Å². The van der Waals surface area contributed by atoms with Crippen LogP contribution in [-0.2, 0) is 0 Å². The van der Waals surface area contributed by atoms with E-state index in [1.165, 1.54) is 0 Å². The minimum absolute atomic E-state index is 0.246. The molecule has 1 heterocycles. The highest BCUT2D eigenvalue weighted by Crippen LogP contribution is 2.15. The molecule has 0 spiro atoms. The second-order valence-corrected chi connectivity index (χ2v) is 5.86. The summed E-state index contributed by atoms with van der Waals surface area (Å²) in [6.07, 6.45) is 0. The van der Waals surface area contributed by atoms with Crippen LogP contribution in [0.2, 0.25) is 5.02 Å². The van der Waals surface area contributed by atoms with Gasteiger partial charge in [0.05, 0.1) is 10.6 Å². The van der Waals surface area contributed by atoms with Crippen molar-refractivity contribution in [2.24, 2.45) is 0 Å². The van der Waals surface area contributed by atoms with E-state index < -0.39 is 0 Å². The molecule has 0 saturated carbocycles. The molecule has 0 atom stereocenters. The number of hydrogen-bond acceptors (Lipinski definition) is 3. The van der Waals surface area contributed by atoms with Gasteiger partial charge in [-0.2, -0.15) is 11.8 Å². The fourth-order valence-corrected chi connectivity index (χ4v) is 3.06. The number of benzene rings is 1. The summed E-state index contributed by atoms with van der Waals surface area (Å²) >= 11 is 13.1. The molecule has 1 aromatic carbocycles. The lowest BCUT2D eigenvalue weighted by atomic mass is 10.2. The SMILES string of the molecule is O=C(NC(=S)N1CCSCC1)c1ccccc1Cl. The van der Waals surface area contributed by atoms with Gasteiger partial charge in [0.2, 0.25) is 0 Å². The lowest BCUT2D eigenvalue weighted by Crippen LogP contribution is -2.46. The van der Waals surface area contributed by atoms with Gasteiger partial charge in [-0.25, -0.2) is 0 Å². The number of carbonyl (C=O) groups is 1. The van der Waals surface area contributed by atoms with E-state index in [0.717, 1.165) is 24.6 Å². The zero-order chi connectivity index (χ0) is 13.0. The minimum atomic E-state index is -0.246. The predicted molar refractivity (Wildman–Crippen MR) is 80.4 cm³/mol. The molecule has 0 aliphatic carbocycles. The van der Waals surface area contributed by atoms with E-state index in [2.05, 4.69) is 5.32 Å². The molecule has 18 heavy (non-hydrogen) atoms. The fourth-order valence-electron chi connectivity index (χ4n) is 1.66. The van der Waals surface area contributed by atoms with Crippen LogP contribution in [0, 0.1) is 0 Å². The van der Waals surface area contributed by atoms with Crippen LogP contribution in [0.25, 0.3) is 0 Å². The molecule has 1 aliphatic rings. The van der Waals surface area contributed by atoms with Crippen molar-refractivity contribution in [1.29, 1.82) is 0 Å². The van der Waals surface area contributed by atoms with Crippen LogP contribution in [0.3, 0.4) is 0 Å². The number of thiocarbonyl (C=S) groups is 1. The quantitative estimate of drug-likeness (QED) is 0.807. The molecule has 1 amide bonds. The number of hydrogen-bond donors (Lipinski definition) is 1. The number of thioether (sulfide) groups is 1. The Morgan fingerprint density at radius 3 is 2.67 bits per heavy atom. The van der Waals surface area contributed by atoms with Gasteiger partial charge in [-0.1, -0.05) is 23.7 Å². The first kappa shape index (κ1) is 13.6. The molecule has 1 saturated heterocycles. The highest BCUT2D eigenvalue weighted by molar-refractivity contribution is 7.99. The van der Waals surface area contributed by atoms with Gasteiger partial charge in [-0.05, 0) is 24.4 Å². The first-order valence-corrected chi connectivity index (χ1v) is 7.55. The van der Waals surface area contributed by atoms with Crippen LogP contribution in [0.15, 0.2) is 24.3 Å². The third kappa shape index (κ3) is 3.37. The Morgan fingerprint density at radius 1 is 1.33 bits per heavy atom. The van der Waals surface area contributed by atoms with Crippen LogP contribution in [-0.4, -0.2) is 40.5 Å². The maximum Gasteiger partial charge on any atom is 0.258 e. The molecule has 0 unspecified atom stereocenters. The van der Waals surface area contributed by atoms with Crippen LogP contribution in [0.5, 0.6) is 0 Å². The molecule has 2 rings (SSSR count). The number of nitrogens with zero attached hydrogens (tertiary/aromatic N) is 1. The Balaban J connectivity index is 1.99. The molecular formula is C12H13ClN2OS2. The number of nitrogens with one attached hydrogen (secondary N) is 1. The first-order chi connectivity index (χ1) is 8.68. The molecule has 1 aliphatic heterocycles. The zero-order valence-corrected chi connectivity index (χ0v) is 12.1. The smallest absolute Gasteiger partial charge is 0.258 e. The third-order valence-electron chi connectivity index (χ3n) is 2.64. The molecular weight excluding hydrogens is 288 g/mol. The molecule has 1 fully saturated rings. The van der Waals surface area contributed by atoms with Crippen molar-refractivity contribution in [3.63, 3.8) is 0 Å². The summed E-state index contributed by atoms with van der Waals surface area (Å²) in [7, 11) is 0. The van der Waals surface area contributed by atoms with Gasteiger partial charge >= 0.3 is 0 Å². The molecule has 6 heteroatoms. The van der Waals surface area contributed by atoms with Crippen molar-refractivity contribution < 1.29 is 4.79 Å². The molecule has 3 nitrogen and oxygen atoms in total. The molecule has 1 N–H and O–H groups in total. The fraction of sp³-hybridized carbons (Fsp3) is 0.333. The van der Waals surface area contributed by atoms with Crippen molar-refractivity contribution in [2.75, 3.05) is 24.6 Å². The summed E-state index contributed by atoms with van der Waals surface area (Å²) in [6, 6.07) is 6.95. The average molecular weight is 301 g/mol. The van der Waals surface area contributed by atoms with Gasteiger partial charge < -0.3 is 4.90 Å². The van der Waals surface area contributed by atoms with Crippen molar-refractivity contribution >= 4 is 46.6 Å². The van der Waals surface area contributed by atoms with Gasteiger partial charge in [0.25, 0.3) is 5.91 Å². The van der Waals surface area contributed by atoms with Crippen LogP contribution < -0.4 is 5.32 Å². The summed E-state index contributed by atoms with van der Waals surface area (Å²) < 4.78 is 0. The normalized spacial score (nSPS) is 15.3. The third-order valence-corrected chi connectivity index (χ3v) is 4.27. The van der Waals surface area contributed by atoms with E-state index in [1.54, 1.807) is 24.3 Å². The topological polar surface area (TPSA) is 32.3 Å². The monoisotopic (exact) mass is 300 g/mol. The number of halogens is 1. The average Bonchev–Trinajstić information content (AvgIpc) is 2.40. The molecule has 1 aromatic rings. The lowest BCUT2D eigenvalue weighted by molar-refractivity contribution is 0.0973. The second-order valence-electron chi connectivity index (χ2n) is 3.84. The summed E-state index contributed by atoms with van der Waals surface area (Å²) in [5.41, 5.74) is 0.452. The van der Waals surface area contributed by atoms with E-state index in [9.17, 15) is 4.79 Å². The van der Waals surface area contributed by atoms with Gasteiger partial charge in [0.15, 0.2) is 5.11 Å². The van der Waals surface area contributed by atoms with Crippen molar-refractivity contribution in [3.8, 4) is 0 Å². The molecule has 96 valence electrons. The van der Waals surface area contributed by atoms with E-state index >= 15 is 0 Å². The molecule has 0 aromatic heterocycles. The zero-order valence-electron chi connectivity index (χ0n) is 9.69. The van der Waals surface area contributed by atoms with E-state index in [-0.39, 0.29) is 5.91 Å². The minimum Gasteiger partial charge on any atom is -0.347 e.